The Kier molecular flexibility index (Phi) is 3.36. The highest BCUT2D eigenvalue weighted by atomic mass is 14.2. The zero-order chi connectivity index (χ0) is 10.9. The summed E-state index contributed by atoms with van der Waals surface area (Å²) < 4.78 is 0. The molecule has 0 heterocycles. The van der Waals surface area contributed by atoms with Crippen molar-refractivity contribution in [2.24, 2.45) is 0 Å². The zero-order valence-corrected chi connectivity index (χ0v) is 10.4. The van der Waals surface area contributed by atoms with Gasteiger partial charge in [0, 0.05) is 0 Å². The Labute approximate surface area is 88.4 Å². The van der Waals surface area contributed by atoms with Crippen LogP contribution in [0.3, 0.4) is 0 Å². The molecule has 0 unspecified atom stereocenters. The van der Waals surface area contributed by atoms with Crippen molar-refractivity contribution in [2.75, 3.05) is 0 Å². The molecule has 0 fully saturated rings. The van der Waals surface area contributed by atoms with Crippen molar-refractivity contribution >= 4 is 0 Å². The van der Waals surface area contributed by atoms with E-state index in [0.717, 1.165) is 6.42 Å². The van der Waals surface area contributed by atoms with Crippen LogP contribution < -0.4 is 0 Å². The van der Waals surface area contributed by atoms with E-state index in [1.165, 1.54) is 22.3 Å². The molecule has 0 saturated carbocycles. The lowest BCUT2D eigenvalue weighted by Gasteiger charge is -2.19. The summed E-state index contributed by atoms with van der Waals surface area (Å²) in [5.41, 5.74) is 7.49. The van der Waals surface area contributed by atoms with Gasteiger partial charge in [0.15, 0.2) is 0 Å². The maximum atomic E-state index is 2.36. The van der Waals surface area contributed by atoms with E-state index in [4.69, 9.17) is 0 Å². The van der Waals surface area contributed by atoms with Gasteiger partial charge >= 0.3 is 0 Å². The van der Waals surface area contributed by atoms with Crippen molar-refractivity contribution in [2.45, 2.75) is 53.9 Å². The van der Waals surface area contributed by atoms with Crippen LogP contribution in [0.4, 0.5) is 0 Å². The molecule has 0 saturated heterocycles. The Morgan fingerprint density at radius 3 is 2.07 bits per heavy atom. The van der Waals surface area contributed by atoms with Crippen molar-refractivity contribution in [3.63, 3.8) is 0 Å². The van der Waals surface area contributed by atoms with Gasteiger partial charge in [-0.25, -0.2) is 0 Å². The largest absolute Gasteiger partial charge is 0.0613 e. The van der Waals surface area contributed by atoms with Crippen LogP contribution in [0.15, 0.2) is 6.07 Å². The molecule has 0 aromatic heterocycles. The fourth-order valence-corrected chi connectivity index (χ4v) is 2.28. The van der Waals surface area contributed by atoms with Crippen LogP contribution in [0.5, 0.6) is 0 Å². The molecule has 1 aromatic rings. The Balaban J connectivity index is 3.45. The van der Waals surface area contributed by atoms with Gasteiger partial charge in [-0.3, -0.25) is 0 Å². The van der Waals surface area contributed by atoms with Gasteiger partial charge in [0.25, 0.3) is 0 Å². The maximum Gasteiger partial charge on any atom is -0.0213 e. The van der Waals surface area contributed by atoms with Crippen LogP contribution >= 0.6 is 0 Å². The predicted molar refractivity (Wildman–Crippen MR) is 64.1 cm³/mol. The van der Waals surface area contributed by atoms with Crippen molar-refractivity contribution in [3.05, 3.63) is 33.9 Å². The highest BCUT2D eigenvalue weighted by molar-refractivity contribution is 5.45. The number of rotatable bonds is 2. The quantitative estimate of drug-likeness (QED) is 0.652. The van der Waals surface area contributed by atoms with E-state index >= 15 is 0 Å². The molecule has 1 aromatic carbocycles. The van der Waals surface area contributed by atoms with Gasteiger partial charge in [-0.2, -0.15) is 0 Å². The molecule has 0 nitrogen and oxygen atoms in total. The van der Waals surface area contributed by atoms with Gasteiger partial charge < -0.3 is 0 Å². The van der Waals surface area contributed by atoms with Gasteiger partial charge in [-0.05, 0) is 60.9 Å². The second-order valence-electron chi connectivity index (χ2n) is 4.52. The number of aryl methyl sites for hydroxylation is 2. The highest BCUT2D eigenvalue weighted by Gasteiger charge is 2.11. The monoisotopic (exact) mass is 190 g/mol. The molecule has 0 amide bonds. The van der Waals surface area contributed by atoms with E-state index < -0.39 is 0 Å². The van der Waals surface area contributed by atoms with Crippen LogP contribution in [0.2, 0.25) is 0 Å². The molecule has 0 aliphatic carbocycles. The fraction of sp³-hybridized carbons (Fsp3) is 0.571. The van der Waals surface area contributed by atoms with Gasteiger partial charge in [0.05, 0.1) is 0 Å². The summed E-state index contributed by atoms with van der Waals surface area (Å²) in [6, 6.07) is 2.36. The first-order chi connectivity index (χ1) is 6.49. The smallest absolute Gasteiger partial charge is 0.0213 e. The molecule has 0 aliphatic rings. The van der Waals surface area contributed by atoms with E-state index in [0.29, 0.717) is 5.92 Å². The minimum atomic E-state index is 0.643. The van der Waals surface area contributed by atoms with E-state index in [-0.39, 0.29) is 0 Å². The molecule has 0 spiro atoms. The Morgan fingerprint density at radius 2 is 1.64 bits per heavy atom. The van der Waals surface area contributed by atoms with E-state index in [9.17, 15) is 0 Å². The summed E-state index contributed by atoms with van der Waals surface area (Å²) in [5.74, 6) is 0.643. The average Bonchev–Trinajstić information content (AvgIpc) is 2.12. The first kappa shape index (κ1) is 11.3. The molecule has 1 rings (SSSR count). The third-order valence-corrected chi connectivity index (χ3v) is 3.25. The molecular weight excluding hydrogens is 168 g/mol. The molecule has 0 radical (unpaired) electrons. The van der Waals surface area contributed by atoms with Crippen molar-refractivity contribution in [1.29, 1.82) is 0 Å². The second-order valence-corrected chi connectivity index (χ2v) is 4.52. The second kappa shape index (κ2) is 4.16. The van der Waals surface area contributed by atoms with Gasteiger partial charge in [-0.15, -0.1) is 0 Å². The first-order valence-electron chi connectivity index (χ1n) is 5.58. The summed E-state index contributed by atoms with van der Waals surface area (Å²) in [7, 11) is 0. The van der Waals surface area contributed by atoms with Crippen LogP contribution in [-0.4, -0.2) is 0 Å². The highest BCUT2D eigenvalue weighted by Crippen LogP contribution is 2.28. The lowest BCUT2D eigenvalue weighted by molar-refractivity contribution is 0.829. The summed E-state index contributed by atoms with van der Waals surface area (Å²) in [6.45, 7) is 13.5. The van der Waals surface area contributed by atoms with E-state index in [1.807, 2.05) is 0 Å². The number of hydrogen-bond acceptors (Lipinski definition) is 0. The van der Waals surface area contributed by atoms with Gasteiger partial charge in [0.2, 0.25) is 0 Å². The lowest BCUT2D eigenvalue weighted by Crippen LogP contribution is -2.02. The number of hydrogen-bond donors (Lipinski definition) is 0. The molecule has 0 N–H and O–H groups in total. The van der Waals surface area contributed by atoms with Gasteiger partial charge in [-0.1, -0.05) is 26.8 Å². The predicted octanol–water partition coefficient (Wildman–Crippen LogP) is 4.30. The molecular formula is C14H22. The first-order valence-corrected chi connectivity index (χ1v) is 5.58. The third-order valence-electron chi connectivity index (χ3n) is 3.25. The molecule has 14 heavy (non-hydrogen) atoms. The minimum Gasteiger partial charge on any atom is -0.0613 e. The van der Waals surface area contributed by atoms with Crippen LogP contribution in [0.25, 0.3) is 0 Å². The normalized spacial score (nSPS) is 11.1. The van der Waals surface area contributed by atoms with Crippen molar-refractivity contribution in [3.8, 4) is 0 Å². The van der Waals surface area contributed by atoms with Crippen LogP contribution in [0, 0.1) is 20.8 Å². The minimum absolute atomic E-state index is 0.643. The zero-order valence-electron chi connectivity index (χ0n) is 10.4. The summed E-state index contributed by atoms with van der Waals surface area (Å²) in [5, 5.41) is 0. The molecule has 0 aliphatic heterocycles. The summed E-state index contributed by atoms with van der Waals surface area (Å²) >= 11 is 0. The lowest BCUT2D eigenvalue weighted by atomic mass is 9.87. The Morgan fingerprint density at radius 1 is 1.07 bits per heavy atom. The molecule has 0 heteroatoms. The topological polar surface area (TPSA) is 0 Å². The third kappa shape index (κ3) is 1.84. The van der Waals surface area contributed by atoms with E-state index in [2.05, 4.69) is 47.6 Å². The Hall–Kier alpha value is -0.780. The molecule has 78 valence electrons. The van der Waals surface area contributed by atoms with Crippen LogP contribution in [-0.2, 0) is 6.42 Å². The molecule has 0 atom stereocenters. The number of benzene rings is 1. The fourth-order valence-electron chi connectivity index (χ4n) is 2.28. The van der Waals surface area contributed by atoms with Crippen molar-refractivity contribution in [1.82, 2.24) is 0 Å². The SMILES string of the molecule is CCc1cc(C)c(C)c(C)c1C(C)C. The van der Waals surface area contributed by atoms with Crippen LogP contribution in [0.1, 0.15) is 54.5 Å². The summed E-state index contributed by atoms with van der Waals surface area (Å²) in [6.07, 6.45) is 1.15. The molecule has 0 bridgehead atoms. The standard InChI is InChI=1S/C14H22/c1-7-13-8-10(4)11(5)12(6)14(13)9(2)3/h8-9H,7H2,1-6H3. The summed E-state index contributed by atoms with van der Waals surface area (Å²) in [4.78, 5) is 0. The average molecular weight is 190 g/mol. The Bertz CT molecular complexity index is 332. The maximum absolute atomic E-state index is 2.36. The van der Waals surface area contributed by atoms with Crippen molar-refractivity contribution < 1.29 is 0 Å². The van der Waals surface area contributed by atoms with E-state index in [1.54, 1.807) is 5.56 Å². The van der Waals surface area contributed by atoms with Gasteiger partial charge in [0.1, 0.15) is 0 Å².